The quantitative estimate of drug-likeness (QED) is 0.416. The molecule has 4 rings (SSSR count). The van der Waals surface area contributed by atoms with Crippen LogP contribution >= 0.6 is 0 Å². The summed E-state index contributed by atoms with van der Waals surface area (Å²) in [6.07, 6.45) is 3.52. The predicted molar refractivity (Wildman–Crippen MR) is 132 cm³/mol. The first-order chi connectivity index (χ1) is 16.2. The molecule has 1 atom stereocenters. The molecule has 0 spiro atoms. The Kier molecular flexibility index (Phi) is 6.51. The summed E-state index contributed by atoms with van der Waals surface area (Å²) in [5.41, 5.74) is 3.21. The number of carbonyl (C=O) groups excluding carboxylic acids is 1. The monoisotopic (exact) mass is 474 g/mol. The van der Waals surface area contributed by atoms with Crippen molar-refractivity contribution in [2.24, 2.45) is 7.05 Å². The van der Waals surface area contributed by atoms with E-state index in [1.807, 2.05) is 61.1 Å². The van der Waals surface area contributed by atoms with Crippen molar-refractivity contribution >= 4 is 21.6 Å². The third-order valence-electron chi connectivity index (χ3n) is 5.56. The van der Waals surface area contributed by atoms with E-state index < -0.39 is 16.1 Å². The zero-order chi connectivity index (χ0) is 24.3. The van der Waals surface area contributed by atoms with E-state index >= 15 is 0 Å². The van der Waals surface area contributed by atoms with Gasteiger partial charge in [-0.3, -0.25) is 9.52 Å². The van der Waals surface area contributed by atoms with Crippen LogP contribution in [0.3, 0.4) is 0 Å². The Morgan fingerprint density at radius 1 is 0.971 bits per heavy atom. The number of nitrogens with one attached hydrogen (secondary N) is 2. The van der Waals surface area contributed by atoms with Crippen LogP contribution in [0.2, 0.25) is 0 Å². The maximum absolute atomic E-state index is 13.0. The van der Waals surface area contributed by atoms with Crippen LogP contribution in [-0.2, 0) is 17.1 Å². The molecule has 0 saturated heterocycles. The number of hydrogen-bond donors (Lipinski definition) is 2. The van der Waals surface area contributed by atoms with Gasteiger partial charge in [0.2, 0.25) is 0 Å². The number of anilines is 1. The van der Waals surface area contributed by atoms with Crippen LogP contribution in [0, 0.1) is 13.8 Å². The summed E-state index contributed by atoms with van der Waals surface area (Å²) in [6.45, 7) is 3.60. The molecule has 2 N–H and O–H groups in total. The Labute approximate surface area is 199 Å². The minimum Gasteiger partial charge on any atom is -0.338 e. The molecule has 0 aliphatic carbocycles. The van der Waals surface area contributed by atoms with E-state index in [0.29, 0.717) is 22.6 Å². The van der Waals surface area contributed by atoms with Gasteiger partial charge >= 0.3 is 0 Å². The van der Waals surface area contributed by atoms with Gasteiger partial charge in [-0.1, -0.05) is 42.5 Å². The highest BCUT2D eigenvalue weighted by Gasteiger charge is 2.22. The van der Waals surface area contributed by atoms with Crippen molar-refractivity contribution in [1.82, 2.24) is 14.9 Å². The van der Waals surface area contributed by atoms with Crippen molar-refractivity contribution < 1.29 is 13.2 Å². The average Bonchev–Trinajstić information content (AvgIpc) is 3.25. The van der Waals surface area contributed by atoms with Gasteiger partial charge in [-0.25, -0.2) is 13.4 Å². The number of benzene rings is 3. The smallest absolute Gasteiger partial charge is 0.262 e. The third kappa shape index (κ3) is 5.02. The lowest BCUT2D eigenvalue weighted by atomic mass is 10.1. The van der Waals surface area contributed by atoms with E-state index in [-0.39, 0.29) is 10.8 Å². The lowest BCUT2D eigenvalue weighted by molar-refractivity contribution is 0.0941. The SMILES string of the molecule is Cc1ccc(C)c(S(=O)(=O)Nc2ccc(C(=O)N[C@H](c3ccccc3)c3nccn3C)cc2)c1. The van der Waals surface area contributed by atoms with Crippen LogP contribution in [0.15, 0.2) is 90.1 Å². The van der Waals surface area contributed by atoms with Crippen LogP contribution in [0.25, 0.3) is 0 Å². The molecule has 1 aromatic heterocycles. The molecule has 1 amide bonds. The van der Waals surface area contributed by atoms with Gasteiger partial charge in [0.05, 0.1) is 4.90 Å². The number of nitrogens with zero attached hydrogens (tertiary/aromatic N) is 2. The van der Waals surface area contributed by atoms with Crippen LogP contribution in [0.4, 0.5) is 5.69 Å². The number of hydrogen-bond acceptors (Lipinski definition) is 4. The topological polar surface area (TPSA) is 93.1 Å². The second-order valence-corrected chi connectivity index (χ2v) is 9.82. The normalized spacial score (nSPS) is 12.2. The standard InChI is InChI=1S/C26H26N4O3S/c1-18-9-10-19(2)23(17-18)34(32,33)29-22-13-11-21(12-14-22)26(31)28-24(20-7-5-4-6-8-20)25-27-15-16-30(25)3/h4-17,24,29H,1-3H3,(H,28,31)/t24-/m1/s1. The highest BCUT2D eigenvalue weighted by Crippen LogP contribution is 2.23. The second kappa shape index (κ2) is 9.52. The Morgan fingerprint density at radius 2 is 1.68 bits per heavy atom. The van der Waals surface area contributed by atoms with Crippen molar-refractivity contribution in [3.05, 3.63) is 113 Å². The van der Waals surface area contributed by atoms with Crippen LogP contribution in [-0.4, -0.2) is 23.9 Å². The fourth-order valence-corrected chi connectivity index (χ4v) is 5.10. The third-order valence-corrected chi connectivity index (χ3v) is 7.08. The Hall–Kier alpha value is -3.91. The minimum atomic E-state index is -3.75. The fraction of sp³-hybridized carbons (Fsp3) is 0.154. The van der Waals surface area contributed by atoms with Crippen LogP contribution < -0.4 is 10.0 Å². The van der Waals surface area contributed by atoms with E-state index in [1.165, 1.54) is 0 Å². The van der Waals surface area contributed by atoms with Crippen molar-refractivity contribution in [3.63, 3.8) is 0 Å². The molecule has 7 nitrogen and oxygen atoms in total. The molecule has 0 fully saturated rings. The number of aromatic nitrogens is 2. The van der Waals surface area contributed by atoms with Gasteiger partial charge in [0.1, 0.15) is 11.9 Å². The Balaban J connectivity index is 1.53. The van der Waals surface area contributed by atoms with Gasteiger partial charge in [-0.2, -0.15) is 0 Å². The van der Waals surface area contributed by atoms with Crippen molar-refractivity contribution in [3.8, 4) is 0 Å². The maximum Gasteiger partial charge on any atom is 0.262 e. The summed E-state index contributed by atoms with van der Waals surface area (Å²) in [5.74, 6) is 0.415. The number of sulfonamides is 1. The van der Waals surface area contributed by atoms with Crippen molar-refractivity contribution in [1.29, 1.82) is 0 Å². The number of rotatable bonds is 7. The highest BCUT2D eigenvalue weighted by molar-refractivity contribution is 7.92. The molecule has 0 aliphatic heterocycles. The van der Waals surface area contributed by atoms with Gasteiger partial charge in [0.15, 0.2) is 0 Å². The first-order valence-electron chi connectivity index (χ1n) is 10.8. The molecule has 174 valence electrons. The second-order valence-electron chi connectivity index (χ2n) is 8.17. The minimum absolute atomic E-state index is 0.232. The zero-order valence-electron chi connectivity index (χ0n) is 19.2. The first kappa shape index (κ1) is 23.3. The molecule has 8 heteroatoms. The van der Waals surface area contributed by atoms with E-state index in [1.54, 1.807) is 49.5 Å². The zero-order valence-corrected chi connectivity index (χ0v) is 20.0. The first-order valence-corrected chi connectivity index (χ1v) is 12.3. The molecule has 34 heavy (non-hydrogen) atoms. The molecule has 4 aromatic rings. The number of aryl methyl sites for hydroxylation is 3. The number of carbonyl (C=O) groups is 1. The van der Waals surface area contributed by atoms with Crippen molar-refractivity contribution in [2.45, 2.75) is 24.8 Å². The lowest BCUT2D eigenvalue weighted by Crippen LogP contribution is -2.31. The van der Waals surface area contributed by atoms with E-state index in [0.717, 1.165) is 11.1 Å². The average molecular weight is 475 g/mol. The maximum atomic E-state index is 13.0. The van der Waals surface area contributed by atoms with Crippen LogP contribution in [0.1, 0.15) is 38.9 Å². The molecule has 0 aliphatic rings. The van der Waals surface area contributed by atoms with Crippen molar-refractivity contribution in [2.75, 3.05) is 4.72 Å². The molecular weight excluding hydrogens is 448 g/mol. The number of imidazole rings is 1. The summed E-state index contributed by atoms with van der Waals surface area (Å²) < 4.78 is 30.2. The molecule has 3 aromatic carbocycles. The molecule has 0 unspecified atom stereocenters. The van der Waals surface area contributed by atoms with E-state index in [4.69, 9.17) is 0 Å². The lowest BCUT2D eigenvalue weighted by Gasteiger charge is -2.19. The molecular formula is C26H26N4O3S. The van der Waals surface area contributed by atoms with Gasteiger partial charge in [-0.05, 0) is 60.9 Å². The highest BCUT2D eigenvalue weighted by atomic mass is 32.2. The predicted octanol–water partition coefficient (Wildman–Crippen LogP) is 4.36. The Morgan fingerprint density at radius 3 is 2.32 bits per heavy atom. The summed E-state index contributed by atoms with van der Waals surface area (Å²) in [5, 5.41) is 3.04. The van der Waals surface area contributed by atoms with Gasteiger partial charge in [-0.15, -0.1) is 0 Å². The number of amides is 1. The van der Waals surface area contributed by atoms with Gasteiger partial charge in [0.25, 0.3) is 15.9 Å². The summed E-state index contributed by atoms with van der Waals surface area (Å²) in [7, 11) is -1.87. The molecule has 0 saturated carbocycles. The van der Waals surface area contributed by atoms with E-state index in [2.05, 4.69) is 15.0 Å². The summed E-state index contributed by atoms with van der Waals surface area (Å²) >= 11 is 0. The summed E-state index contributed by atoms with van der Waals surface area (Å²) in [6, 6.07) is 20.8. The fourth-order valence-electron chi connectivity index (χ4n) is 3.71. The molecule has 0 radical (unpaired) electrons. The van der Waals surface area contributed by atoms with Gasteiger partial charge < -0.3 is 9.88 Å². The van der Waals surface area contributed by atoms with Crippen LogP contribution in [0.5, 0.6) is 0 Å². The summed E-state index contributed by atoms with van der Waals surface area (Å²) in [4.78, 5) is 17.7. The van der Waals surface area contributed by atoms with Gasteiger partial charge in [0, 0.05) is 30.7 Å². The van der Waals surface area contributed by atoms with E-state index in [9.17, 15) is 13.2 Å². The largest absolute Gasteiger partial charge is 0.338 e. The Bertz CT molecular complexity index is 1410. The molecule has 0 bridgehead atoms. The molecule has 1 heterocycles.